The molecule has 0 saturated heterocycles. The molecule has 0 aliphatic heterocycles. The van der Waals surface area contributed by atoms with Gasteiger partial charge in [-0.1, -0.05) is 12.1 Å². The number of rotatable bonds is 5. The summed E-state index contributed by atoms with van der Waals surface area (Å²) in [5.41, 5.74) is 0.681. The molecule has 0 aliphatic carbocycles. The van der Waals surface area contributed by atoms with Crippen LogP contribution in [0.1, 0.15) is 5.56 Å². The number of benzene rings is 1. The van der Waals surface area contributed by atoms with Crippen molar-refractivity contribution in [2.45, 2.75) is 11.4 Å². The highest BCUT2D eigenvalue weighted by Crippen LogP contribution is 2.11. The number of sulfonamides is 1. The Morgan fingerprint density at radius 2 is 2.04 bits per heavy atom. The number of hydrogen-bond donors (Lipinski definition) is 1. The van der Waals surface area contributed by atoms with E-state index in [1.807, 2.05) is 0 Å². The molecule has 0 amide bonds. The Balaban J connectivity index is 1.70. The van der Waals surface area contributed by atoms with Gasteiger partial charge in [0, 0.05) is 25.1 Å². The quantitative estimate of drug-likeness (QED) is 0.774. The van der Waals surface area contributed by atoms with Gasteiger partial charge in [-0.3, -0.25) is 0 Å². The van der Waals surface area contributed by atoms with E-state index in [1.54, 1.807) is 41.5 Å². The minimum atomic E-state index is -3.77. The third-order valence-electron chi connectivity index (χ3n) is 3.12. The predicted octanol–water partition coefficient (Wildman–Crippen LogP) is 1.88. The molecule has 2 aromatic heterocycles. The Labute approximate surface area is 132 Å². The van der Waals surface area contributed by atoms with E-state index in [4.69, 9.17) is 0 Å². The Morgan fingerprint density at radius 1 is 1.17 bits per heavy atom. The minimum absolute atomic E-state index is 0.0607. The van der Waals surface area contributed by atoms with Crippen LogP contribution >= 0.6 is 0 Å². The van der Waals surface area contributed by atoms with Gasteiger partial charge < -0.3 is 0 Å². The summed E-state index contributed by atoms with van der Waals surface area (Å²) in [6.45, 7) is 0.0607. The molecule has 1 aromatic carbocycles. The van der Waals surface area contributed by atoms with Crippen LogP contribution in [0.5, 0.6) is 0 Å². The van der Waals surface area contributed by atoms with Crippen molar-refractivity contribution in [1.82, 2.24) is 19.5 Å². The molecule has 0 radical (unpaired) electrons. The standard InChI is InChI=1S/C15H13FN4O2S/c16-13-3-1-4-14(9-13)23(21,22)19-11-12-5-6-15(17-10-12)20-8-2-7-18-20/h1-10,19H,11H2. The zero-order valence-corrected chi connectivity index (χ0v) is 12.7. The lowest BCUT2D eigenvalue weighted by Crippen LogP contribution is -2.23. The molecule has 8 heteroatoms. The van der Waals surface area contributed by atoms with Crippen molar-refractivity contribution in [2.75, 3.05) is 0 Å². The molecule has 6 nitrogen and oxygen atoms in total. The average molecular weight is 332 g/mol. The van der Waals surface area contributed by atoms with E-state index in [1.165, 1.54) is 18.2 Å². The van der Waals surface area contributed by atoms with Gasteiger partial charge in [0.25, 0.3) is 0 Å². The van der Waals surface area contributed by atoms with Crippen LogP contribution in [0.3, 0.4) is 0 Å². The monoisotopic (exact) mass is 332 g/mol. The van der Waals surface area contributed by atoms with Crippen molar-refractivity contribution in [3.05, 3.63) is 72.4 Å². The van der Waals surface area contributed by atoms with Crippen molar-refractivity contribution in [3.63, 3.8) is 0 Å². The molecule has 118 valence electrons. The van der Waals surface area contributed by atoms with Gasteiger partial charge in [0.05, 0.1) is 4.90 Å². The first kappa shape index (κ1) is 15.3. The highest BCUT2D eigenvalue weighted by molar-refractivity contribution is 7.89. The predicted molar refractivity (Wildman–Crippen MR) is 81.8 cm³/mol. The molecule has 23 heavy (non-hydrogen) atoms. The van der Waals surface area contributed by atoms with E-state index in [0.717, 1.165) is 6.07 Å². The number of nitrogens with one attached hydrogen (secondary N) is 1. The lowest BCUT2D eigenvalue weighted by molar-refractivity contribution is 0.577. The number of pyridine rings is 1. The summed E-state index contributed by atoms with van der Waals surface area (Å²) in [5, 5.41) is 4.06. The Morgan fingerprint density at radius 3 is 2.70 bits per heavy atom. The van der Waals surface area contributed by atoms with Crippen LogP contribution in [-0.2, 0) is 16.6 Å². The first-order valence-electron chi connectivity index (χ1n) is 6.75. The van der Waals surface area contributed by atoms with Gasteiger partial charge >= 0.3 is 0 Å². The molecular formula is C15H13FN4O2S. The third-order valence-corrected chi connectivity index (χ3v) is 4.52. The molecule has 0 bridgehead atoms. The van der Waals surface area contributed by atoms with E-state index in [9.17, 15) is 12.8 Å². The van der Waals surface area contributed by atoms with Crippen LogP contribution in [0, 0.1) is 5.82 Å². The van der Waals surface area contributed by atoms with Crippen LogP contribution < -0.4 is 4.72 Å². The fourth-order valence-electron chi connectivity index (χ4n) is 1.96. The van der Waals surface area contributed by atoms with Crippen LogP contribution in [0.2, 0.25) is 0 Å². The number of aromatic nitrogens is 3. The fraction of sp³-hybridized carbons (Fsp3) is 0.0667. The summed E-state index contributed by atoms with van der Waals surface area (Å²) in [6.07, 6.45) is 4.96. The largest absolute Gasteiger partial charge is 0.240 e. The minimum Gasteiger partial charge on any atom is -0.237 e. The number of hydrogen-bond acceptors (Lipinski definition) is 4. The summed E-state index contributed by atoms with van der Waals surface area (Å²) in [4.78, 5) is 4.10. The number of halogens is 1. The van der Waals surface area contributed by atoms with Crippen LogP contribution in [0.4, 0.5) is 4.39 Å². The normalized spacial score (nSPS) is 11.5. The van der Waals surface area contributed by atoms with Crippen LogP contribution in [-0.4, -0.2) is 23.2 Å². The van der Waals surface area contributed by atoms with E-state index < -0.39 is 15.8 Å². The van der Waals surface area contributed by atoms with Gasteiger partial charge in [0.15, 0.2) is 5.82 Å². The average Bonchev–Trinajstić information content (AvgIpc) is 3.08. The van der Waals surface area contributed by atoms with E-state index in [-0.39, 0.29) is 11.4 Å². The van der Waals surface area contributed by atoms with Crippen molar-refractivity contribution in [2.24, 2.45) is 0 Å². The van der Waals surface area contributed by atoms with Gasteiger partial charge in [-0.05, 0) is 35.9 Å². The maximum atomic E-state index is 13.1. The maximum absolute atomic E-state index is 13.1. The number of nitrogens with zero attached hydrogens (tertiary/aromatic N) is 3. The van der Waals surface area contributed by atoms with Crippen LogP contribution in [0.25, 0.3) is 5.82 Å². The highest BCUT2D eigenvalue weighted by Gasteiger charge is 2.14. The molecule has 3 rings (SSSR count). The molecule has 0 atom stereocenters. The lowest BCUT2D eigenvalue weighted by atomic mass is 10.3. The Kier molecular flexibility index (Phi) is 4.18. The molecule has 0 fully saturated rings. The van der Waals surface area contributed by atoms with Gasteiger partial charge in [-0.15, -0.1) is 0 Å². The van der Waals surface area contributed by atoms with Crippen molar-refractivity contribution in [1.29, 1.82) is 0 Å². The summed E-state index contributed by atoms with van der Waals surface area (Å²) in [5.74, 6) is 0.0323. The summed E-state index contributed by atoms with van der Waals surface area (Å²) < 4.78 is 41.3. The SMILES string of the molecule is O=S(=O)(NCc1ccc(-n2cccn2)nc1)c1cccc(F)c1. The molecule has 3 aromatic rings. The summed E-state index contributed by atoms with van der Waals surface area (Å²) in [7, 11) is -3.77. The van der Waals surface area contributed by atoms with Gasteiger partial charge in [-0.2, -0.15) is 5.10 Å². The van der Waals surface area contributed by atoms with Crippen molar-refractivity contribution >= 4 is 10.0 Å². The first-order valence-corrected chi connectivity index (χ1v) is 8.23. The molecule has 0 unspecified atom stereocenters. The smallest absolute Gasteiger partial charge is 0.237 e. The second-order valence-electron chi connectivity index (χ2n) is 4.76. The zero-order chi connectivity index (χ0) is 16.3. The Bertz CT molecular complexity index is 893. The van der Waals surface area contributed by atoms with Crippen molar-refractivity contribution in [3.8, 4) is 5.82 Å². The van der Waals surface area contributed by atoms with Gasteiger partial charge in [0.2, 0.25) is 10.0 Å². The summed E-state index contributed by atoms with van der Waals surface area (Å²) in [6, 6.07) is 10.1. The highest BCUT2D eigenvalue weighted by atomic mass is 32.2. The van der Waals surface area contributed by atoms with Gasteiger partial charge in [0.1, 0.15) is 5.82 Å². The van der Waals surface area contributed by atoms with E-state index in [2.05, 4.69) is 14.8 Å². The van der Waals surface area contributed by atoms with E-state index in [0.29, 0.717) is 11.4 Å². The molecule has 0 saturated carbocycles. The zero-order valence-electron chi connectivity index (χ0n) is 11.9. The molecular weight excluding hydrogens is 319 g/mol. The molecule has 2 heterocycles. The second kappa shape index (κ2) is 6.27. The molecule has 0 aliphatic rings. The van der Waals surface area contributed by atoms with Gasteiger partial charge in [-0.25, -0.2) is 27.2 Å². The molecule has 0 spiro atoms. The first-order chi connectivity index (χ1) is 11.0. The maximum Gasteiger partial charge on any atom is 0.240 e. The fourth-order valence-corrected chi connectivity index (χ4v) is 3.01. The van der Waals surface area contributed by atoms with E-state index >= 15 is 0 Å². The topological polar surface area (TPSA) is 76.9 Å². The summed E-state index contributed by atoms with van der Waals surface area (Å²) >= 11 is 0. The second-order valence-corrected chi connectivity index (χ2v) is 6.52. The molecule has 1 N–H and O–H groups in total. The van der Waals surface area contributed by atoms with Crippen LogP contribution in [0.15, 0.2) is 66.0 Å². The Hall–Kier alpha value is -2.58. The third kappa shape index (κ3) is 3.61. The van der Waals surface area contributed by atoms with Crippen molar-refractivity contribution < 1.29 is 12.8 Å². The lowest BCUT2D eigenvalue weighted by Gasteiger charge is -2.07.